The Morgan fingerprint density at radius 1 is 1.31 bits per heavy atom. The van der Waals surface area contributed by atoms with Crippen LogP contribution in [0.4, 0.5) is 5.82 Å². The van der Waals surface area contributed by atoms with E-state index in [1.807, 2.05) is 18.7 Å². The molecule has 1 aromatic rings. The molecule has 1 aliphatic heterocycles. The zero-order valence-corrected chi connectivity index (χ0v) is 18.3. The second kappa shape index (κ2) is 9.68. The minimum atomic E-state index is -0.403. The lowest BCUT2D eigenvalue weighted by Gasteiger charge is -2.33. The van der Waals surface area contributed by atoms with Crippen LogP contribution in [0.2, 0.25) is 0 Å². The van der Waals surface area contributed by atoms with Crippen molar-refractivity contribution in [1.29, 1.82) is 5.26 Å². The van der Waals surface area contributed by atoms with Gasteiger partial charge in [-0.25, -0.2) is 0 Å². The first-order valence-corrected chi connectivity index (χ1v) is 11.5. The van der Waals surface area contributed by atoms with Crippen LogP contribution in [0.3, 0.4) is 0 Å². The van der Waals surface area contributed by atoms with Gasteiger partial charge in [0.15, 0.2) is 0 Å². The minimum Gasteiger partial charge on any atom is -0.465 e. The second-order valence-electron chi connectivity index (χ2n) is 7.72. The van der Waals surface area contributed by atoms with Gasteiger partial charge in [-0.2, -0.15) is 17.0 Å². The number of ether oxygens (including phenoxy) is 1. The maximum absolute atomic E-state index is 12.9. The topological polar surface area (TPSA) is 87.4 Å². The Balaban J connectivity index is 1.79. The van der Waals surface area contributed by atoms with Gasteiger partial charge in [-0.05, 0) is 39.2 Å². The van der Waals surface area contributed by atoms with Crippen LogP contribution in [0, 0.1) is 25.2 Å². The molecule has 1 aromatic heterocycles. The van der Waals surface area contributed by atoms with Gasteiger partial charge < -0.3 is 14.6 Å². The summed E-state index contributed by atoms with van der Waals surface area (Å²) in [4.78, 5) is 27.1. The van der Waals surface area contributed by atoms with Crippen LogP contribution < -0.4 is 5.32 Å². The zero-order chi connectivity index (χ0) is 21.0. The number of amides is 1. The van der Waals surface area contributed by atoms with E-state index in [9.17, 15) is 14.9 Å². The number of anilines is 1. The molecule has 2 heterocycles. The number of thioether (sulfide) groups is 1. The van der Waals surface area contributed by atoms with Crippen LogP contribution in [-0.2, 0) is 14.3 Å². The van der Waals surface area contributed by atoms with E-state index in [1.165, 1.54) is 12.8 Å². The molecule has 2 aliphatic rings. The van der Waals surface area contributed by atoms with Crippen molar-refractivity contribution >= 4 is 29.5 Å². The number of hydrogen-bond acceptors (Lipinski definition) is 6. The van der Waals surface area contributed by atoms with Crippen molar-refractivity contribution in [3.05, 3.63) is 16.8 Å². The molecule has 0 spiro atoms. The zero-order valence-electron chi connectivity index (χ0n) is 17.5. The lowest BCUT2D eigenvalue weighted by Crippen LogP contribution is -2.50. The monoisotopic (exact) mass is 418 g/mol. The molecule has 0 bridgehead atoms. The third-order valence-electron chi connectivity index (χ3n) is 5.96. The number of aromatic nitrogens is 1. The molecule has 0 radical (unpaired) electrons. The standard InChI is InChI=1S/C21H30N4O3S/c1-4-28-21(27)18-13-29-10-9-24(18)12-19(26)23-20-17(11-22)14(2)15(3)25(20)16-7-5-6-8-16/h16,18H,4-10,12-13H2,1-3H3,(H,23,26). The van der Waals surface area contributed by atoms with E-state index in [0.717, 1.165) is 29.9 Å². The number of nitrogens with zero attached hydrogens (tertiary/aromatic N) is 3. The van der Waals surface area contributed by atoms with Gasteiger partial charge in [-0.3, -0.25) is 14.5 Å². The normalized spacial score (nSPS) is 20.4. The smallest absolute Gasteiger partial charge is 0.324 e. The summed E-state index contributed by atoms with van der Waals surface area (Å²) in [5.74, 6) is 1.65. The maximum atomic E-state index is 12.9. The first-order valence-electron chi connectivity index (χ1n) is 10.4. The van der Waals surface area contributed by atoms with E-state index in [0.29, 0.717) is 36.3 Å². The fourth-order valence-corrected chi connectivity index (χ4v) is 5.45. The molecule has 1 saturated heterocycles. The van der Waals surface area contributed by atoms with Gasteiger partial charge >= 0.3 is 5.97 Å². The average molecular weight is 419 g/mol. The van der Waals surface area contributed by atoms with Crippen molar-refractivity contribution in [2.24, 2.45) is 0 Å². The highest BCUT2D eigenvalue weighted by atomic mass is 32.2. The molecule has 1 aliphatic carbocycles. The van der Waals surface area contributed by atoms with Gasteiger partial charge in [0.05, 0.1) is 18.7 Å². The van der Waals surface area contributed by atoms with Crippen LogP contribution >= 0.6 is 11.8 Å². The molecular formula is C21H30N4O3S. The van der Waals surface area contributed by atoms with E-state index < -0.39 is 6.04 Å². The lowest BCUT2D eigenvalue weighted by molar-refractivity contribution is -0.148. The van der Waals surface area contributed by atoms with E-state index >= 15 is 0 Å². The Morgan fingerprint density at radius 2 is 2.03 bits per heavy atom. The van der Waals surface area contributed by atoms with Crippen LogP contribution in [0.1, 0.15) is 55.5 Å². The largest absolute Gasteiger partial charge is 0.465 e. The van der Waals surface area contributed by atoms with Gasteiger partial charge in [-0.15, -0.1) is 0 Å². The molecule has 0 aromatic carbocycles. The Hall–Kier alpha value is -1.98. The Labute approximate surface area is 176 Å². The SMILES string of the molecule is CCOC(=O)C1CSCCN1CC(=O)Nc1c(C#N)c(C)c(C)n1C1CCCC1. The molecule has 29 heavy (non-hydrogen) atoms. The Bertz CT molecular complexity index is 808. The van der Waals surface area contributed by atoms with E-state index in [4.69, 9.17) is 4.74 Å². The summed E-state index contributed by atoms with van der Waals surface area (Å²) in [5, 5.41) is 12.7. The maximum Gasteiger partial charge on any atom is 0.324 e. The highest BCUT2D eigenvalue weighted by Crippen LogP contribution is 2.37. The summed E-state index contributed by atoms with van der Waals surface area (Å²) in [5.41, 5.74) is 2.51. The molecule has 7 nitrogen and oxygen atoms in total. The van der Waals surface area contributed by atoms with Crippen molar-refractivity contribution in [1.82, 2.24) is 9.47 Å². The number of carbonyl (C=O) groups excluding carboxylic acids is 2. The average Bonchev–Trinajstić information content (AvgIpc) is 3.30. The highest BCUT2D eigenvalue weighted by molar-refractivity contribution is 7.99. The Morgan fingerprint density at radius 3 is 2.69 bits per heavy atom. The fraction of sp³-hybridized carbons (Fsp3) is 0.667. The number of nitrogens with one attached hydrogen (secondary N) is 1. The van der Waals surface area contributed by atoms with Crippen molar-refractivity contribution in [2.75, 3.05) is 36.5 Å². The molecule has 1 saturated carbocycles. The lowest BCUT2D eigenvalue weighted by atomic mass is 10.2. The number of rotatable bonds is 6. The molecule has 2 fully saturated rings. The van der Waals surface area contributed by atoms with Crippen LogP contribution in [0.25, 0.3) is 0 Å². The summed E-state index contributed by atoms with van der Waals surface area (Å²) in [6, 6.07) is 2.20. The second-order valence-corrected chi connectivity index (χ2v) is 8.87. The fourth-order valence-electron chi connectivity index (χ4n) is 4.34. The van der Waals surface area contributed by atoms with E-state index in [2.05, 4.69) is 16.0 Å². The third kappa shape index (κ3) is 4.62. The molecular weight excluding hydrogens is 388 g/mol. The van der Waals surface area contributed by atoms with Gasteiger partial charge in [0.25, 0.3) is 0 Å². The van der Waals surface area contributed by atoms with Gasteiger partial charge in [-0.1, -0.05) is 12.8 Å². The van der Waals surface area contributed by atoms with Crippen molar-refractivity contribution in [3.63, 3.8) is 0 Å². The number of esters is 1. The van der Waals surface area contributed by atoms with Crippen molar-refractivity contribution < 1.29 is 14.3 Å². The molecule has 1 atom stereocenters. The van der Waals surface area contributed by atoms with E-state index in [1.54, 1.807) is 18.7 Å². The van der Waals surface area contributed by atoms with Crippen LogP contribution in [-0.4, -0.2) is 58.6 Å². The molecule has 1 amide bonds. The van der Waals surface area contributed by atoms with Gasteiger partial charge in [0.2, 0.25) is 5.91 Å². The minimum absolute atomic E-state index is 0.114. The summed E-state index contributed by atoms with van der Waals surface area (Å²) in [6.45, 7) is 6.85. The molecule has 1 N–H and O–H groups in total. The predicted molar refractivity (Wildman–Crippen MR) is 114 cm³/mol. The van der Waals surface area contributed by atoms with Crippen LogP contribution in [0.5, 0.6) is 0 Å². The quantitative estimate of drug-likeness (QED) is 0.715. The summed E-state index contributed by atoms with van der Waals surface area (Å²) >= 11 is 1.70. The number of hydrogen-bond donors (Lipinski definition) is 1. The summed E-state index contributed by atoms with van der Waals surface area (Å²) in [7, 11) is 0. The predicted octanol–water partition coefficient (Wildman–Crippen LogP) is 3.01. The third-order valence-corrected chi connectivity index (χ3v) is 6.98. The molecule has 8 heteroatoms. The molecule has 1 unspecified atom stereocenters. The van der Waals surface area contributed by atoms with E-state index in [-0.39, 0.29) is 18.4 Å². The van der Waals surface area contributed by atoms with Gasteiger partial charge in [0, 0.05) is 29.8 Å². The number of nitriles is 1. The van der Waals surface area contributed by atoms with Gasteiger partial charge in [0.1, 0.15) is 17.9 Å². The van der Waals surface area contributed by atoms with Crippen LogP contribution in [0.15, 0.2) is 0 Å². The molecule has 158 valence electrons. The summed E-state index contributed by atoms with van der Waals surface area (Å²) < 4.78 is 7.33. The highest BCUT2D eigenvalue weighted by Gasteiger charge is 2.32. The summed E-state index contributed by atoms with van der Waals surface area (Å²) in [6.07, 6.45) is 4.47. The van der Waals surface area contributed by atoms with Crippen molar-refractivity contribution in [2.45, 2.75) is 58.5 Å². The Kier molecular flexibility index (Phi) is 7.25. The first kappa shape index (κ1) is 21.7. The number of carbonyl (C=O) groups is 2. The van der Waals surface area contributed by atoms with Crippen molar-refractivity contribution in [3.8, 4) is 6.07 Å². The first-order chi connectivity index (χ1) is 14.0. The molecule has 3 rings (SSSR count).